The molecule has 0 radical (unpaired) electrons. The van der Waals surface area contributed by atoms with Gasteiger partial charge >= 0.3 is 5.97 Å². The quantitative estimate of drug-likeness (QED) is 0.767. The molecule has 0 spiro atoms. The Labute approximate surface area is 154 Å². The van der Waals surface area contributed by atoms with E-state index < -0.39 is 18.5 Å². The summed E-state index contributed by atoms with van der Waals surface area (Å²) in [5.74, 6) is -0.212. The Morgan fingerprint density at radius 1 is 0.960 bits per heavy atom. The number of hydrogen-bond acceptors (Lipinski definition) is 5. The lowest BCUT2D eigenvalue weighted by Gasteiger charge is -2.11. The summed E-state index contributed by atoms with van der Waals surface area (Å²) >= 11 is 11.6. The first-order chi connectivity index (χ1) is 11.9. The van der Waals surface area contributed by atoms with Crippen LogP contribution in [-0.2, 0) is 9.53 Å². The second kappa shape index (κ2) is 8.60. The van der Waals surface area contributed by atoms with E-state index in [2.05, 4.69) is 5.32 Å². The molecule has 1 amide bonds. The number of methoxy groups -OCH3 is 2. The van der Waals surface area contributed by atoms with Gasteiger partial charge in [-0.15, -0.1) is 0 Å². The first-order valence-electron chi connectivity index (χ1n) is 7.08. The van der Waals surface area contributed by atoms with Gasteiger partial charge in [0, 0.05) is 21.8 Å². The SMILES string of the molecule is COc1ccc(NC(=O)COC(=O)c2cc(Cl)cc(Cl)c2)cc1OC. The molecule has 0 bridgehead atoms. The maximum atomic E-state index is 11.9. The van der Waals surface area contributed by atoms with E-state index in [0.717, 1.165) is 0 Å². The molecule has 2 aromatic carbocycles. The largest absolute Gasteiger partial charge is 0.493 e. The monoisotopic (exact) mass is 383 g/mol. The first-order valence-corrected chi connectivity index (χ1v) is 7.83. The Balaban J connectivity index is 1.95. The van der Waals surface area contributed by atoms with Crippen molar-refractivity contribution in [1.82, 2.24) is 0 Å². The summed E-state index contributed by atoms with van der Waals surface area (Å²) in [4.78, 5) is 23.9. The summed E-state index contributed by atoms with van der Waals surface area (Å²) in [5, 5.41) is 3.19. The number of benzene rings is 2. The summed E-state index contributed by atoms with van der Waals surface area (Å²) in [5.41, 5.74) is 0.640. The van der Waals surface area contributed by atoms with E-state index in [0.29, 0.717) is 27.2 Å². The lowest BCUT2D eigenvalue weighted by atomic mass is 10.2. The van der Waals surface area contributed by atoms with Crippen LogP contribution in [-0.4, -0.2) is 32.7 Å². The van der Waals surface area contributed by atoms with Crippen molar-refractivity contribution < 1.29 is 23.8 Å². The molecule has 25 heavy (non-hydrogen) atoms. The van der Waals surface area contributed by atoms with Gasteiger partial charge in [-0.3, -0.25) is 4.79 Å². The van der Waals surface area contributed by atoms with Crippen LogP contribution in [0, 0.1) is 0 Å². The van der Waals surface area contributed by atoms with Crippen molar-refractivity contribution in [2.75, 3.05) is 26.1 Å². The van der Waals surface area contributed by atoms with E-state index >= 15 is 0 Å². The molecule has 0 aliphatic heterocycles. The molecule has 2 rings (SSSR count). The zero-order valence-electron chi connectivity index (χ0n) is 13.5. The van der Waals surface area contributed by atoms with Crippen molar-refractivity contribution >= 4 is 40.8 Å². The number of esters is 1. The Morgan fingerprint density at radius 2 is 1.60 bits per heavy atom. The molecule has 8 heteroatoms. The first kappa shape index (κ1) is 18.9. The van der Waals surface area contributed by atoms with E-state index in [4.69, 9.17) is 37.4 Å². The number of ether oxygens (including phenoxy) is 3. The molecule has 1 N–H and O–H groups in total. The van der Waals surface area contributed by atoms with Crippen molar-refractivity contribution in [1.29, 1.82) is 0 Å². The molecule has 0 saturated heterocycles. The standard InChI is InChI=1S/C17H15Cl2NO5/c1-23-14-4-3-13(8-15(14)24-2)20-16(21)9-25-17(22)10-5-11(18)7-12(19)6-10/h3-8H,9H2,1-2H3,(H,20,21). The van der Waals surface area contributed by atoms with Crippen molar-refractivity contribution in [2.45, 2.75) is 0 Å². The molecular formula is C17H15Cl2NO5. The normalized spacial score (nSPS) is 10.1. The van der Waals surface area contributed by atoms with Crippen LogP contribution >= 0.6 is 23.2 Å². The molecule has 0 fully saturated rings. The van der Waals surface area contributed by atoms with Crippen molar-refractivity contribution in [3.63, 3.8) is 0 Å². The lowest BCUT2D eigenvalue weighted by Crippen LogP contribution is -2.21. The molecule has 2 aromatic rings. The number of anilines is 1. The van der Waals surface area contributed by atoms with Gasteiger partial charge in [0.25, 0.3) is 5.91 Å². The van der Waals surface area contributed by atoms with Gasteiger partial charge in [-0.2, -0.15) is 0 Å². The number of amides is 1. The predicted octanol–water partition coefficient (Wildman–Crippen LogP) is 3.81. The van der Waals surface area contributed by atoms with Crippen molar-refractivity contribution in [3.05, 3.63) is 52.0 Å². The van der Waals surface area contributed by atoms with Gasteiger partial charge < -0.3 is 19.5 Å². The molecule has 132 valence electrons. The molecular weight excluding hydrogens is 369 g/mol. The minimum absolute atomic E-state index is 0.163. The zero-order valence-corrected chi connectivity index (χ0v) is 15.0. The van der Waals surface area contributed by atoms with Crippen molar-refractivity contribution in [2.24, 2.45) is 0 Å². The van der Waals surface area contributed by atoms with Gasteiger partial charge in [0.2, 0.25) is 0 Å². The number of carbonyl (C=O) groups is 2. The predicted molar refractivity (Wildman–Crippen MR) is 94.9 cm³/mol. The molecule has 0 saturated carbocycles. The summed E-state index contributed by atoms with van der Waals surface area (Å²) < 4.78 is 15.2. The van der Waals surface area contributed by atoms with Crippen LogP contribution in [0.1, 0.15) is 10.4 Å². The van der Waals surface area contributed by atoms with Gasteiger partial charge in [0.15, 0.2) is 18.1 Å². The summed E-state index contributed by atoms with van der Waals surface area (Å²) in [7, 11) is 3.00. The third-order valence-corrected chi connectivity index (χ3v) is 3.54. The number of halogens is 2. The van der Waals surface area contributed by atoms with Crippen LogP contribution in [0.3, 0.4) is 0 Å². The van der Waals surface area contributed by atoms with Gasteiger partial charge in [0.05, 0.1) is 19.8 Å². The van der Waals surface area contributed by atoms with Crippen LogP contribution in [0.2, 0.25) is 10.0 Å². The van der Waals surface area contributed by atoms with E-state index in [1.54, 1.807) is 18.2 Å². The topological polar surface area (TPSA) is 73.9 Å². The third-order valence-electron chi connectivity index (χ3n) is 3.10. The average molecular weight is 384 g/mol. The summed E-state index contributed by atoms with van der Waals surface area (Å²) in [6.07, 6.45) is 0. The highest BCUT2D eigenvalue weighted by molar-refractivity contribution is 6.35. The fourth-order valence-corrected chi connectivity index (χ4v) is 2.52. The molecule has 0 aliphatic carbocycles. The van der Waals surface area contributed by atoms with Crippen LogP contribution < -0.4 is 14.8 Å². The minimum atomic E-state index is -0.702. The minimum Gasteiger partial charge on any atom is -0.493 e. The average Bonchev–Trinajstić information content (AvgIpc) is 2.58. The summed E-state index contributed by atoms with van der Waals surface area (Å²) in [6.45, 7) is -0.461. The molecule has 0 unspecified atom stereocenters. The molecule has 0 atom stereocenters. The van der Waals surface area contributed by atoms with Crippen molar-refractivity contribution in [3.8, 4) is 11.5 Å². The summed E-state index contributed by atoms with van der Waals surface area (Å²) in [6, 6.07) is 9.18. The lowest BCUT2D eigenvalue weighted by molar-refractivity contribution is -0.119. The maximum absolute atomic E-state index is 11.9. The highest BCUT2D eigenvalue weighted by Gasteiger charge is 2.13. The van der Waals surface area contributed by atoms with Crippen LogP contribution in [0.15, 0.2) is 36.4 Å². The Bertz CT molecular complexity index is 774. The Hall–Kier alpha value is -2.44. The van der Waals surface area contributed by atoms with Crippen LogP contribution in [0.4, 0.5) is 5.69 Å². The highest BCUT2D eigenvalue weighted by atomic mass is 35.5. The number of carbonyl (C=O) groups excluding carboxylic acids is 2. The van der Waals surface area contributed by atoms with E-state index in [9.17, 15) is 9.59 Å². The van der Waals surface area contributed by atoms with Crippen LogP contribution in [0.5, 0.6) is 11.5 Å². The Kier molecular flexibility index (Phi) is 6.50. The molecule has 0 heterocycles. The number of nitrogens with one attached hydrogen (secondary N) is 1. The van der Waals surface area contributed by atoms with Gasteiger partial charge in [-0.05, 0) is 30.3 Å². The second-order valence-corrected chi connectivity index (χ2v) is 5.73. The molecule has 0 aliphatic rings. The highest BCUT2D eigenvalue weighted by Crippen LogP contribution is 2.29. The number of rotatable bonds is 6. The van der Waals surface area contributed by atoms with E-state index in [1.807, 2.05) is 0 Å². The fraction of sp³-hybridized carbons (Fsp3) is 0.176. The third kappa shape index (κ3) is 5.27. The number of hydrogen-bond donors (Lipinski definition) is 1. The van der Waals surface area contributed by atoms with Crippen LogP contribution in [0.25, 0.3) is 0 Å². The van der Waals surface area contributed by atoms with Gasteiger partial charge in [-0.1, -0.05) is 23.2 Å². The van der Waals surface area contributed by atoms with Gasteiger partial charge in [0.1, 0.15) is 0 Å². The smallest absolute Gasteiger partial charge is 0.338 e. The fourth-order valence-electron chi connectivity index (χ4n) is 2.00. The molecule has 6 nitrogen and oxygen atoms in total. The van der Waals surface area contributed by atoms with Gasteiger partial charge in [-0.25, -0.2) is 4.79 Å². The molecule has 0 aromatic heterocycles. The second-order valence-electron chi connectivity index (χ2n) is 4.85. The van der Waals surface area contributed by atoms with E-state index in [1.165, 1.54) is 32.4 Å². The van der Waals surface area contributed by atoms with E-state index in [-0.39, 0.29) is 5.56 Å². The maximum Gasteiger partial charge on any atom is 0.338 e. The zero-order chi connectivity index (χ0) is 18.4. The Morgan fingerprint density at radius 3 is 2.20 bits per heavy atom.